The van der Waals surface area contributed by atoms with E-state index in [4.69, 9.17) is 13.4 Å². The van der Waals surface area contributed by atoms with Gasteiger partial charge in [-0.3, -0.25) is 10.1 Å². The van der Waals surface area contributed by atoms with Crippen LogP contribution in [0.4, 0.5) is 6.01 Å². The quantitative estimate of drug-likeness (QED) is 0.600. The van der Waals surface area contributed by atoms with Crippen molar-refractivity contribution in [2.75, 3.05) is 5.32 Å². The molecule has 0 spiro atoms. The van der Waals surface area contributed by atoms with E-state index in [0.717, 1.165) is 5.01 Å². The van der Waals surface area contributed by atoms with E-state index in [1.807, 2.05) is 6.92 Å². The molecule has 1 amide bonds. The third kappa shape index (κ3) is 2.70. The number of nitrogens with one attached hydrogen (secondary N) is 1. The number of hydrogen-bond donors (Lipinski definition) is 1. The molecule has 24 heavy (non-hydrogen) atoms. The molecule has 0 aliphatic carbocycles. The van der Waals surface area contributed by atoms with E-state index in [2.05, 4.69) is 25.7 Å². The van der Waals surface area contributed by atoms with Gasteiger partial charge in [0.05, 0.1) is 11.3 Å². The van der Waals surface area contributed by atoms with Gasteiger partial charge in [-0.05, 0) is 19.1 Å². The van der Waals surface area contributed by atoms with Gasteiger partial charge >= 0.3 is 6.01 Å². The van der Waals surface area contributed by atoms with E-state index >= 15 is 0 Å². The Morgan fingerprint density at radius 3 is 2.96 bits per heavy atom. The molecule has 0 saturated carbocycles. The Morgan fingerprint density at radius 2 is 2.21 bits per heavy atom. The second-order valence-corrected chi connectivity index (χ2v) is 5.73. The number of thiazole rings is 1. The summed E-state index contributed by atoms with van der Waals surface area (Å²) in [5.41, 5.74) is 0.623. The van der Waals surface area contributed by atoms with Crippen LogP contribution in [0.2, 0.25) is 0 Å². The monoisotopic (exact) mass is 343 g/mol. The van der Waals surface area contributed by atoms with Crippen LogP contribution in [0.15, 0.2) is 43.2 Å². The number of amides is 1. The second kappa shape index (κ2) is 5.74. The van der Waals surface area contributed by atoms with Crippen molar-refractivity contribution < 1.29 is 18.2 Å². The molecule has 9 nitrogen and oxygen atoms in total. The topological polar surface area (TPSA) is 120 Å². The Bertz CT molecular complexity index is 985. The molecule has 0 fully saturated rings. The van der Waals surface area contributed by atoms with Gasteiger partial charge in [0.25, 0.3) is 11.8 Å². The fraction of sp³-hybridized carbons (Fsp3) is 0.0714. The Labute approximate surface area is 138 Å². The zero-order chi connectivity index (χ0) is 16.5. The number of hydrogen-bond acceptors (Lipinski definition) is 9. The molecular formula is C14H9N5O4S. The number of furan rings is 1. The van der Waals surface area contributed by atoms with Gasteiger partial charge < -0.3 is 13.4 Å². The first-order valence-electron chi connectivity index (χ1n) is 6.77. The molecule has 4 rings (SSSR count). The van der Waals surface area contributed by atoms with Crippen LogP contribution in [0.25, 0.3) is 23.1 Å². The molecule has 0 unspecified atom stereocenters. The van der Waals surface area contributed by atoms with Crippen LogP contribution in [-0.4, -0.2) is 26.2 Å². The van der Waals surface area contributed by atoms with Crippen molar-refractivity contribution in [1.82, 2.24) is 20.3 Å². The SMILES string of the molecule is Cc1nc(-c2nnc(NC(=O)c3cc(-c4ccco4)on3)o2)cs1. The molecule has 0 saturated heterocycles. The molecule has 4 heterocycles. The first-order chi connectivity index (χ1) is 11.7. The normalized spacial score (nSPS) is 10.9. The first kappa shape index (κ1) is 14.3. The summed E-state index contributed by atoms with van der Waals surface area (Å²) >= 11 is 1.46. The standard InChI is InChI=1S/C14H9N5O4S/c1-7-15-9(6-24-7)13-17-18-14(22-13)16-12(20)8-5-11(23-19-8)10-3-2-4-21-10/h2-6H,1H3,(H,16,18,20). The summed E-state index contributed by atoms with van der Waals surface area (Å²) in [6.07, 6.45) is 1.50. The van der Waals surface area contributed by atoms with Crippen molar-refractivity contribution in [3.63, 3.8) is 0 Å². The lowest BCUT2D eigenvalue weighted by Crippen LogP contribution is -2.12. The van der Waals surface area contributed by atoms with E-state index in [9.17, 15) is 4.79 Å². The smallest absolute Gasteiger partial charge is 0.322 e. The minimum atomic E-state index is -0.541. The number of aromatic nitrogens is 4. The second-order valence-electron chi connectivity index (χ2n) is 4.67. The van der Waals surface area contributed by atoms with Crippen LogP contribution in [-0.2, 0) is 0 Å². The first-order valence-corrected chi connectivity index (χ1v) is 7.65. The van der Waals surface area contributed by atoms with Gasteiger partial charge in [-0.2, -0.15) is 0 Å². The summed E-state index contributed by atoms with van der Waals surface area (Å²) in [5, 5.41) is 16.4. The lowest BCUT2D eigenvalue weighted by Gasteiger charge is -1.94. The van der Waals surface area contributed by atoms with Crippen LogP contribution in [0, 0.1) is 6.92 Å². The Hall–Kier alpha value is -3.27. The van der Waals surface area contributed by atoms with Gasteiger partial charge in [-0.25, -0.2) is 4.98 Å². The largest absolute Gasteiger partial charge is 0.461 e. The zero-order valence-corrected chi connectivity index (χ0v) is 13.0. The van der Waals surface area contributed by atoms with E-state index in [-0.39, 0.29) is 17.6 Å². The summed E-state index contributed by atoms with van der Waals surface area (Å²) in [4.78, 5) is 16.4. The molecule has 4 aromatic heterocycles. The van der Waals surface area contributed by atoms with Gasteiger partial charge in [-0.15, -0.1) is 16.4 Å². The molecular weight excluding hydrogens is 334 g/mol. The van der Waals surface area contributed by atoms with Gasteiger partial charge in [0.2, 0.25) is 5.76 Å². The maximum absolute atomic E-state index is 12.1. The number of carbonyl (C=O) groups excluding carboxylic acids is 1. The van der Waals surface area contributed by atoms with Gasteiger partial charge in [-0.1, -0.05) is 10.3 Å². The van der Waals surface area contributed by atoms with Crippen molar-refractivity contribution in [1.29, 1.82) is 0 Å². The van der Waals surface area contributed by atoms with E-state index in [1.54, 1.807) is 17.5 Å². The van der Waals surface area contributed by atoms with E-state index in [1.165, 1.54) is 23.7 Å². The highest BCUT2D eigenvalue weighted by molar-refractivity contribution is 7.09. The number of rotatable bonds is 4. The summed E-state index contributed by atoms with van der Waals surface area (Å²) in [5.74, 6) is 0.502. The average Bonchev–Trinajstić information content (AvgIpc) is 3.34. The van der Waals surface area contributed by atoms with E-state index < -0.39 is 5.91 Å². The molecule has 120 valence electrons. The highest BCUT2D eigenvalue weighted by Gasteiger charge is 2.18. The molecule has 10 heteroatoms. The molecule has 0 aliphatic rings. The molecule has 0 atom stereocenters. The Kier molecular flexibility index (Phi) is 3.43. The number of anilines is 1. The Balaban J connectivity index is 1.49. The minimum absolute atomic E-state index is 0.0526. The van der Waals surface area contributed by atoms with E-state index in [0.29, 0.717) is 17.2 Å². The number of nitrogens with zero attached hydrogens (tertiary/aromatic N) is 4. The van der Waals surface area contributed by atoms with Crippen molar-refractivity contribution in [2.45, 2.75) is 6.92 Å². The highest BCUT2D eigenvalue weighted by Crippen LogP contribution is 2.23. The summed E-state index contributed by atoms with van der Waals surface area (Å²) in [7, 11) is 0. The third-order valence-electron chi connectivity index (χ3n) is 2.99. The van der Waals surface area contributed by atoms with Gasteiger partial charge in [0, 0.05) is 11.4 Å². The maximum Gasteiger partial charge on any atom is 0.322 e. The summed E-state index contributed by atoms with van der Waals surface area (Å²) in [6, 6.07) is 4.80. The number of carbonyl (C=O) groups is 1. The van der Waals surface area contributed by atoms with Crippen LogP contribution < -0.4 is 5.32 Å². The fourth-order valence-electron chi connectivity index (χ4n) is 1.92. The number of aryl methyl sites for hydroxylation is 1. The van der Waals surface area contributed by atoms with Crippen LogP contribution in [0.5, 0.6) is 0 Å². The molecule has 4 aromatic rings. The highest BCUT2D eigenvalue weighted by atomic mass is 32.1. The predicted octanol–water partition coefficient (Wildman–Crippen LogP) is 3.00. The van der Waals surface area contributed by atoms with Gasteiger partial charge in [0.1, 0.15) is 5.69 Å². The van der Waals surface area contributed by atoms with Crippen molar-refractivity contribution in [3.05, 3.63) is 40.5 Å². The maximum atomic E-state index is 12.1. The lowest BCUT2D eigenvalue weighted by molar-refractivity contribution is 0.101. The lowest BCUT2D eigenvalue weighted by atomic mass is 10.3. The average molecular weight is 343 g/mol. The van der Waals surface area contributed by atoms with Gasteiger partial charge in [0.15, 0.2) is 11.5 Å². The van der Waals surface area contributed by atoms with Crippen LogP contribution in [0.1, 0.15) is 15.5 Å². The minimum Gasteiger partial charge on any atom is -0.461 e. The van der Waals surface area contributed by atoms with Crippen molar-refractivity contribution in [3.8, 4) is 23.1 Å². The summed E-state index contributed by atoms with van der Waals surface area (Å²) in [6.45, 7) is 1.87. The van der Waals surface area contributed by atoms with Crippen LogP contribution in [0.3, 0.4) is 0 Å². The zero-order valence-electron chi connectivity index (χ0n) is 12.2. The molecule has 1 N–H and O–H groups in total. The summed E-state index contributed by atoms with van der Waals surface area (Å²) < 4.78 is 15.6. The van der Waals surface area contributed by atoms with Crippen LogP contribution >= 0.6 is 11.3 Å². The Morgan fingerprint density at radius 1 is 1.29 bits per heavy atom. The molecule has 0 aromatic carbocycles. The molecule has 0 aliphatic heterocycles. The molecule has 0 bridgehead atoms. The molecule has 0 radical (unpaired) electrons. The third-order valence-corrected chi connectivity index (χ3v) is 3.76. The predicted molar refractivity (Wildman–Crippen MR) is 82.3 cm³/mol. The van der Waals surface area contributed by atoms with Crippen molar-refractivity contribution in [2.24, 2.45) is 0 Å². The fourth-order valence-corrected chi connectivity index (χ4v) is 2.50. The van der Waals surface area contributed by atoms with Crippen molar-refractivity contribution >= 4 is 23.3 Å².